The van der Waals surface area contributed by atoms with E-state index in [-0.39, 0.29) is 0 Å². The maximum absolute atomic E-state index is 4.26. The summed E-state index contributed by atoms with van der Waals surface area (Å²) in [5.74, 6) is 3.25. The summed E-state index contributed by atoms with van der Waals surface area (Å²) in [7, 11) is -1.39. The first-order valence-electron chi connectivity index (χ1n) is 6.59. The maximum Gasteiger partial charge on any atom is 0.162 e. The number of hydrogen-bond acceptors (Lipinski definition) is 2. The van der Waals surface area contributed by atoms with Crippen molar-refractivity contribution < 1.29 is 0 Å². The van der Waals surface area contributed by atoms with Gasteiger partial charge in [0.05, 0.1) is 0 Å². The lowest BCUT2D eigenvalue weighted by Crippen LogP contribution is -2.16. The van der Waals surface area contributed by atoms with Crippen LogP contribution < -0.4 is 0 Å². The molecule has 2 aromatic rings. The molecule has 3 nitrogen and oxygen atoms in total. The van der Waals surface area contributed by atoms with Gasteiger partial charge in [0.25, 0.3) is 0 Å². The summed E-state index contributed by atoms with van der Waals surface area (Å²) in [4.78, 5) is 0. The molecular formula is C15H17N3Si. The second kappa shape index (κ2) is 4.36. The molecule has 1 aliphatic heterocycles. The zero-order valence-corrected chi connectivity index (χ0v) is 12.6. The number of benzene rings is 1. The molecule has 0 amide bonds. The molecule has 0 N–H and O–H groups in total. The van der Waals surface area contributed by atoms with E-state index >= 15 is 0 Å². The molecule has 0 spiro atoms. The van der Waals surface area contributed by atoms with E-state index in [2.05, 4.69) is 65.7 Å². The van der Waals surface area contributed by atoms with Gasteiger partial charge < -0.3 is 0 Å². The normalized spacial score (nSPS) is 13.2. The molecule has 0 aliphatic carbocycles. The van der Waals surface area contributed by atoms with Gasteiger partial charge in [-0.05, 0) is 17.9 Å². The third-order valence-electron chi connectivity index (χ3n) is 3.16. The van der Waals surface area contributed by atoms with Crippen LogP contribution in [-0.4, -0.2) is 23.1 Å². The fraction of sp³-hybridized carbons (Fsp3) is 0.333. The Hall–Kier alpha value is -1.86. The van der Waals surface area contributed by atoms with E-state index in [0.717, 1.165) is 24.4 Å². The van der Waals surface area contributed by atoms with Gasteiger partial charge in [-0.2, -0.15) is 0 Å². The molecule has 96 valence electrons. The van der Waals surface area contributed by atoms with Gasteiger partial charge in [-0.3, -0.25) is 0 Å². The van der Waals surface area contributed by atoms with Crippen molar-refractivity contribution in [2.75, 3.05) is 0 Å². The Morgan fingerprint density at radius 2 is 2.00 bits per heavy atom. The first kappa shape index (κ1) is 12.2. The van der Waals surface area contributed by atoms with Crippen molar-refractivity contribution in [1.29, 1.82) is 0 Å². The topological polar surface area (TPSA) is 30.7 Å². The first-order chi connectivity index (χ1) is 9.04. The average molecular weight is 267 g/mol. The van der Waals surface area contributed by atoms with E-state index < -0.39 is 8.07 Å². The zero-order valence-electron chi connectivity index (χ0n) is 11.6. The number of aromatic nitrogens is 3. The minimum atomic E-state index is -1.39. The van der Waals surface area contributed by atoms with E-state index in [9.17, 15) is 0 Å². The van der Waals surface area contributed by atoms with Crippen molar-refractivity contribution in [2.24, 2.45) is 0 Å². The van der Waals surface area contributed by atoms with Crippen LogP contribution in [0.15, 0.2) is 24.3 Å². The summed E-state index contributed by atoms with van der Waals surface area (Å²) >= 11 is 0. The van der Waals surface area contributed by atoms with Gasteiger partial charge in [0.1, 0.15) is 13.8 Å². The zero-order chi connectivity index (χ0) is 13.5. The Morgan fingerprint density at radius 1 is 1.21 bits per heavy atom. The van der Waals surface area contributed by atoms with Gasteiger partial charge in [-0.15, -0.1) is 10.6 Å². The first-order valence-corrected chi connectivity index (χ1v) is 10.1. The van der Waals surface area contributed by atoms with Crippen molar-refractivity contribution in [3.8, 4) is 22.7 Å². The molecule has 3 rings (SSSR count). The highest BCUT2D eigenvalue weighted by molar-refractivity contribution is 6.83. The van der Waals surface area contributed by atoms with Crippen molar-refractivity contribution in [3.05, 3.63) is 35.5 Å². The molecular weight excluding hydrogens is 250 g/mol. The van der Waals surface area contributed by atoms with Crippen LogP contribution in [0.5, 0.6) is 0 Å². The summed E-state index contributed by atoms with van der Waals surface area (Å²) in [5, 5.41) is 8.50. The van der Waals surface area contributed by atoms with Gasteiger partial charge in [0.15, 0.2) is 5.69 Å². The number of fused-ring (bicyclic) bond motifs is 3. The highest BCUT2D eigenvalue weighted by atomic mass is 28.3. The van der Waals surface area contributed by atoms with Crippen LogP contribution >= 0.6 is 0 Å². The largest absolute Gasteiger partial charge is 0.243 e. The third kappa shape index (κ3) is 2.34. The highest BCUT2D eigenvalue weighted by Gasteiger charge is 2.21. The van der Waals surface area contributed by atoms with Crippen molar-refractivity contribution >= 4 is 8.07 Å². The standard InChI is InChI=1S/C15H17N3Si/c1-19(2,3)11-9-14-15-13-7-5-4-6-12(13)8-10-18(15)17-16-14/h4-7H,8,10H2,1-3H3. The second-order valence-electron chi connectivity index (χ2n) is 5.92. The quantitative estimate of drug-likeness (QED) is 0.543. The molecule has 2 heterocycles. The Kier molecular flexibility index (Phi) is 2.79. The third-order valence-corrected chi connectivity index (χ3v) is 4.03. The molecule has 0 atom stereocenters. The Bertz CT molecular complexity index is 683. The Morgan fingerprint density at radius 3 is 2.79 bits per heavy atom. The van der Waals surface area contributed by atoms with E-state index in [1.165, 1.54) is 11.1 Å². The van der Waals surface area contributed by atoms with Crippen LogP contribution in [0, 0.1) is 11.5 Å². The van der Waals surface area contributed by atoms with Crippen LogP contribution in [0.4, 0.5) is 0 Å². The predicted molar refractivity (Wildman–Crippen MR) is 79.4 cm³/mol. The van der Waals surface area contributed by atoms with E-state index in [1.54, 1.807) is 0 Å². The number of nitrogens with zero attached hydrogens (tertiary/aromatic N) is 3. The Balaban J connectivity index is 2.13. The molecule has 0 radical (unpaired) electrons. The fourth-order valence-electron chi connectivity index (χ4n) is 2.26. The van der Waals surface area contributed by atoms with Crippen molar-refractivity contribution in [2.45, 2.75) is 32.6 Å². The predicted octanol–water partition coefficient (Wildman–Crippen LogP) is 2.73. The fourth-order valence-corrected chi connectivity index (χ4v) is 2.76. The van der Waals surface area contributed by atoms with E-state index in [4.69, 9.17) is 0 Å². The summed E-state index contributed by atoms with van der Waals surface area (Å²) in [5.41, 5.74) is 7.90. The van der Waals surface area contributed by atoms with Crippen LogP contribution in [0.25, 0.3) is 11.3 Å². The van der Waals surface area contributed by atoms with Gasteiger partial charge in [0, 0.05) is 12.1 Å². The molecule has 1 aliphatic rings. The van der Waals surface area contributed by atoms with Crippen LogP contribution in [0.2, 0.25) is 19.6 Å². The van der Waals surface area contributed by atoms with Crippen LogP contribution in [0.1, 0.15) is 11.3 Å². The summed E-state index contributed by atoms with van der Waals surface area (Å²) < 4.78 is 1.98. The summed E-state index contributed by atoms with van der Waals surface area (Å²) in [6, 6.07) is 8.48. The minimum absolute atomic E-state index is 0.828. The van der Waals surface area contributed by atoms with Crippen molar-refractivity contribution in [1.82, 2.24) is 15.0 Å². The Labute approximate surface area is 114 Å². The monoisotopic (exact) mass is 267 g/mol. The molecule has 4 heteroatoms. The number of aryl methyl sites for hydroxylation is 2. The maximum atomic E-state index is 4.26. The molecule has 0 fully saturated rings. The average Bonchev–Trinajstić information content (AvgIpc) is 2.79. The molecule has 19 heavy (non-hydrogen) atoms. The summed E-state index contributed by atoms with van der Waals surface area (Å²) in [6.45, 7) is 7.62. The molecule has 0 saturated heterocycles. The molecule has 0 unspecified atom stereocenters. The number of hydrogen-bond donors (Lipinski definition) is 0. The highest BCUT2D eigenvalue weighted by Crippen LogP contribution is 2.30. The second-order valence-corrected chi connectivity index (χ2v) is 10.7. The van der Waals surface area contributed by atoms with Crippen LogP contribution in [0.3, 0.4) is 0 Å². The SMILES string of the molecule is C[Si](C)(C)C#Cc1nnn2c1-c1ccccc1CC2. The van der Waals surface area contributed by atoms with Gasteiger partial charge in [-0.25, -0.2) is 4.68 Å². The van der Waals surface area contributed by atoms with Gasteiger partial charge in [0.2, 0.25) is 0 Å². The molecule has 1 aromatic heterocycles. The van der Waals surface area contributed by atoms with Crippen LogP contribution in [-0.2, 0) is 13.0 Å². The summed E-state index contributed by atoms with van der Waals surface area (Å²) in [6.07, 6.45) is 1.02. The molecule has 1 aromatic carbocycles. The smallest absolute Gasteiger partial charge is 0.162 e. The molecule has 0 bridgehead atoms. The lowest BCUT2D eigenvalue weighted by molar-refractivity contribution is 0.583. The molecule has 0 saturated carbocycles. The lowest BCUT2D eigenvalue weighted by Gasteiger charge is -2.16. The van der Waals surface area contributed by atoms with Gasteiger partial charge >= 0.3 is 0 Å². The van der Waals surface area contributed by atoms with Gasteiger partial charge in [-0.1, -0.05) is 49.1 Å². The van der Waals surface area contributed by atoms with Crippen molar-refractivity contribution in [3.63, 3.8) is 0 Å². The minimum Gasteiger partial charge on any atom is -0.243 e. The lowest BCUT2D eigenvalue weighted by atomic mass is 9.98. The number of rotatable bonds is 0. The van der Waals surface area contributed by atoms with E-state index in [1.807, 2.05) is 4.68 Å². The van der Waals surface area contributed by atoms with E-state index in [0.29, 0.717) is 0 Å².